The van der Waals surface area contributed by atoms with Crippen LogP contribution in [0.5, 0.6) is 0 Å². The minimum Gasteiger partial charge on any atom is -0.356 e. The standard InChI is InChI=1S/C21H28N4/c1-16-19-10-6-13-25(14-11-17-7-3-2-4-8-17)21(19)24-20(23-16)18-9-5-12-22-15-18/h2-4,7-8,18,22H,5-6,9-15H2,1H3/t18-/m1/s1. The lowest BCUT2D eigenvalue weighted by Gasteiger charge is -2.32. The number of hydrogen-bond donors (Lipinski definition) is 1. The van der Waals surface area contributed by atoms with Gasteiger partial charge in [-0.25, -0.2) is 9.97 Å². The zero-order valence-corrected chi connectivity index (χ0v) is 15.2. The van der Waals surface area contributed by atoms with E-state index in [9.17, 15) is 0 Å². The highest BCUT2D eigenvalue weighted by molar-refractivity contribution is 5.51. The molecule has 1 fully saturated rings. The van der Waals surface area contributed by atoms with Gasteiger partial charge in [0, 0.05) is 36.8 Å². The highest BCUT2D eigenvalue weighted by Crippen LogP contribution is 2.30. The van der Waals surface area contributed by atoms with Crippen molar-refractivity contribution in [2.45, 2.75) is 44.9 Å². The summed E-state index contributed by atoms with van der Waals surface area (Å²) in [6.45, 7) is 6.46. The van der Waals surface area contributed by atoms with Crippen LogP contribution >= 0.6 is 0 Å². The first-order chi connectivity index (χ1) is 12.3. The summed E-state index contributed by atoms with van der Waals surface area (Å²) in [4.78, 5) is 12.4. The Morgan fingerprint density at radius 3 is 2.84 bits per heavy atom. The summed E-state index contributed by atoms with van der Waals surface area (Å²) in [5.74, 6) is 2.72. The third-order valence-electron chi connectivity index (χ3n) is 5.54. The van der Waals surface area contributed by atoms with Crippen LogP contribution in [-0.4, -0.2) is 36.1 Å². The van der Waals surface area contributed by atoms with E-state index in [2.05, 4.69) is 47.5 Å². The van der Waals surface area contributed by atoms with Crippen molar-refractivity contribution in [3.8, 4) is 0 Å². The minimum atomic E-state index is 0.468. The predicted molar refractivity (Wildman–Crippen MR) is 102 cm³/mol. The molecule has 1 aromatic heterocycles. The Morgan fingerprint density at radius 1 is 1.16 bits per heavy atom. The van der Waals surface area contributed by atoms with Crippen molar-refractivity contribution in [1.82, 2.24) is 15.3 Å². The number of aryl methyl sites for hydroxylation is 1. The van der Waals surface area contributed by atoms with Gasteiger partial charge in [0.15, 0.2) is 0 Å². The average Bonchev–Trinajstić information content (AvgIpc) is 2.68. The van der Waals surface area contributed by atoms with Crippen molar-refractivity contribution >= 4 is 5.82 Å². The Bertz CT molecular complexity index is 707. The zero-order valence-electron chi connectivity index (χ0n) is 15.2. The van der Waals surface area contributed by atoms with Crippen molar-refractivity contribution < 1.29 is 0 Å². The van der Waals surface area contributed by atoms with Crippen LogP contribution in [0, 0.1) is 6.92 Å². The number of fused-ring (bicyclic) bond motifs is 1. The molecule has 2 aliphatic rings. The van der Waals surface area contributed by atoms with Crippen molar-refractivity contribution in [1.29, 1.82) is 0 Å². The van der Waals surface area contributed by atoms with E-state index >= 15 is 0 Å². The second kappa shape index (κ2) is 7.52. The first-order valence-electron chi connectivity index (χ1n) is 9.68. The monoisotopic (exact) mass is 336 g/mol. The quantitative estimate of drug-likeness (QED) is 0.930. The van der Waals surface area contributed by atoms with Crippen LogP contribution in [0.4, 0.5) is 5.82 Å². The molecule has 4 nitrogen and oxygen atoms in total. The largest absolute Gasteiger partial charge is 0.356 e. The molecule has 0 bridgehead atoms. The maximum Gasteiger partial charge on any atom is 0.135 e. The number of aromatic nitrogens is 2. The van der Waals surface area contributed by atoms with Crippen molar-refractivity contribution in [3.63, 3.8) is 0 Å². The summed E-state index contributed by atoms with van der Waals surface area (Å²) in [5.41, 5.74) is 3.96. The van der Waals surface area contributed by atoms with E-state index in [1.165, 1.54) is 41.9 Å². The first kappa shape index (κ1) is 16.5. The molecular weight excluding hydrogens is 308 g/mol. The van der Waals surface area contributed by atoms with E-state index in [-0.39, 0.29) is 0 Å². The third kappa shape index (κ3) is 3.69. The van der Waals surface area contributed by atoms with Crippen molar-refractivity contribution in [2.75, 3.05) is 31.1 Å². The molecule has 0 saturated carbocycles. The average molecular weight is 336 g/mol. The van der Waals surface area contributed by atoms with Gasteiger partial charge >= 0.3 is 0 Å². The smallest absolute Gasteiger partial charge is 0.135 e. The molecule has 0 spiro atoms. The highest BCUT2D eigenvalue weighted by Gasteiger charge is 2.25. The topological polar surface area (TPSA) is 41.1 Å². The number of nitrogens with one attached hydrogen (secondary N) is 1. The molecule has 0 unspecified atom stereocenters. The van der Waals surface area contributed by atoms with Crippen LogP contribution in [0.1, 0.15) is 47.8 Å². The molecule has 1 atom stereocenters. The number of rotatable bonds is 4. The summed E-state index contributed by atoms with van der Waals surface area (Å²) in [7, 11) is 0. The van der Waals surface area contributed by atoms with Gasteiger partial charge in [-0.2, -0.15) is 0 Å². The van der Waals surface area contributed by atoms with Gasteiger partial charge in [-0.05, 0) is 51.1 Å². The molecule has 1 saturated heterocycles. The lowest BCUT2D eigenvalue weighted by Crippen LogP contribution is -2.34. The summed E-state index contributed by atoms with van der Waals surface area (Å²) < 4.78 is 0. The van der Waals surface area contributed by atoms with Gasteiger partial charge in [0.1, 0.15) is 11.6 Å². The molecule has 3 heterocycles. The van der Waals surface area contributed by atoms with Crippen molar-refractivity contribution in [2.24, 2.45) is 0 Å². The molecule has 1 aromatic carbocycles. The van der Waals surface area contributed by atoms with Crippen LogP contribution in [0.3, 0.4) is 0 Å². The van der Waals surface area contributed by atoms with Gasteiger partial charge in [-0.1, -0.05) is 30.3 Å². The summed E-state index contributed by atoms with van der Waals surface area (Å²) >= 11 is 0. The zero-order chi connectivity index (χ0) is 17.1. The van der Waals surface area contributed by atoms with Gasteiger partial charge in [-0.15, -0.1) is 0 Å². The predicted octanol–water partition coefficient (Wildman–Crippen LogP) is 3.25. The molecule has 25 heavy (non-hydrogen) atoms. The van der Waals surface area contributed by atoms with E-state index < -0.39 is 0 Å². The van der Waals surface area contributed by atoms with Gasteiger partial charge in [0.2, 0.25) is 0 Å². The Morgan fingerprint density at radius 2 is 2.04 bits per heavy atom. The lowest BCUT2D eigenvalue weighted by molar-refractivity contribution is 0.444. The fourth-order valence-corrected chi connectivity index (χ4v) is 4.09. The summed E-state index contributed by atoms with van der Waals surface area (Å²) in [6, 6.07) is 10.8. The van der Waals surface area contributed by atoms with Gasteiger partial charge in [0.25, 0.3) is 0 Å². The number of benzene rings is 1. The summed E-state index contributed by atoms with van der Waals surface area (Å²) in [5, 5.41) is 3.50. The first-order valence-corrected chi connectivity index (χ1v) is 9.68. The molecule has 0 amide bonds. The number of hydrogen-bond acceptors (Lipinski definition) is 4. The fraction of sp³-hybridized carbons (Fsp3) is 0.524. The SMILES string of the molecule is Cc1nc([C@@H]2CCCNC2)nc2c1CCCN2CCc1ccccc1. The highest BCUT2D eigenvalue weighted by atomic mass is 15.2. The van der Waals surface area contributed by atoms with Crippen LogP contribution in [0.25, 0.3) is 0 Å². The van der Waals surface area contributed by atoms with E-state index in [0.717, 1.165) is 44.8 Å². The van der Waals surface area contributed by atoms with E-state index in [4.69, 9.17) is 9.97 Å². The maximum atomic E-state index is 5.07. The van der Waals surface area contributed by atoms with Gasteiger partial charge in [0.05, 0.1) is 0 Å². The van der Waals surface area contributed by atoms with Crippen LogP contribution in [0.2, 0.25) is 0 Å². The molecule has 4 heteroatoms. The van der Waals surface area contributed by atoms with Crippen LogP contribution in [0.15, 0.2) is 30.3 Å². The molecule has 2 aliphatic heterocycles. The Balaban J connectivity index is 1.57. The van der Waals surface area contributed by atoms with Gasteiger partial charge in [-0.3, -0.25) is 0 Å². The van der Waals surface area contributed by atoms with E-state index in [0.29, 0.717) is 5.92 Å². The lowest BCUT2D eigenvalue weighted by atomic mass is 9.97. The molecule has 1 N–H and O–H groups in total. The fourth-order valence-electron chi connectivity index (χ4n) is 4.09. The number of piperidine rings is 1. The normalized spacial score (nSPS) is 20.4. The minimum absolute atomic E-state index is 0.468. The van der Waals surface area contributed by atoms with Crippen LogP contribution in [-0.2, 0) is 12.8 Å². The Kier molecular flexibility index (Phi) is 4.97. The second-order valence-electron chi connectivity index (χ2n) is 7.34. The van der Waals surface area contributed by atoms with E-state index in [1.54, 1.807) is 0 Å². The number of anilines is 1. The van der Waals surface area contributed by atoms with Gasteiger partial charge < -0.3 is 10.2 Å². The second-order valence-corrected chi connectivity index (χ2v) is 7.34. The molecule has 0 radical (unpaired) electrons. The molecule has 132 valence electrons. The summed E-state index contributed by atoms with van der Waals surface area (Å²) in [6.07, 6.45) is 5.82. The molecule has 0 aliphatic carbocycles. The molecule has 4 rings (SSSR count). The third-order valence-corrected chi connectivity index (χ3v) is 5.54. The van der Waals surface area contributed by atoms with Crippen LogP contribution < -0.4 is 10.2 Å². The Hall–Kier alpha value is -1.94. The Labute approximate surface area is 150 Å². The van der Waals surface area contributed by atoms with Crippen molar-refractivity contribution in [3.05, 3.63) is 53.0 Å². The number of nitrogens with zero attached hydrogens (tertiary/aromatic N) is 3. The molecule has 2 aromatic rings. The molecular formula is C21H28N4. The van der Waals surface area contributed by atoms with E-state index in [1.807, 2.05) is 0 Å². The maximum absolute atomic E-state index is 5.07.